The van der Waals surface area contributed by atoms with Gasteiger partial charge >= 0.3 is 0 Å². The van der Waals surface area contributed by atoms with Crippen molar-refractivity contribution >= 4 is 5.82 Å². The predicted octanol–water partition coefficient (Wildman–Crippen LogP) is 2.80. The topological polar surface area (TPSA) is 56.3 Å². The Bertz CT molecular complexity index is 359. The molecule has 0 bridgehead atoms. The second kappa shape index (κ2) is 9.55. The van der Waals surface area contributed by atoms with Crippen LogP contribution >= 0.6 is 0 Å². The molecule has 0 unspecified atom stereocenters. The minimum atomic E-state index is 0.523. The largest absolute Gasteiger partial charge is 0.475 e. The summed E-state index contributed by atoms with van der Waals surface area (Å²) in [5, 5.41) is 3.26. The van der Waals surface area contributed by atoms with Gasteiger partial charge < -0.3 is 14.8 Å². The van der Waals surface area contributed by atoms with E-state index in [9.17, 15) is 0 Å². The highest BCUT2D eigenvalue weighted by atomic mass is 16.5. The maximum atomic E-state index is 5.62. The Morgan fingerprint density at radius 2 is 1.95 bits per heavy atom. The van der Waals surface area contributed by atoms with Gasteiger partial charge in [-0.15, -0.1) is 0 Å². The van der Waals surface area contributed by atoms with Gasteiger partial charge in [0.2, 0.25) is 5.88 Å². The van der Waals surface area contributed by atoms with Gasteiger partial charge in [0.15, 0.2) is 0 Å². The summed E-state index contributed by atoms with van der Waals surface area (Å²) < 4.78 is 11.1. The zero-order valence-corrected chi connectivity index (χ0v) is 12.2. The lowest BCUT2D eigenvalue weighted by Crippen LogP contribution is -2.11. The summed E-state index contributed by atoms with van der Waals surface area (Å²) >= 11 is 0. The van der Waals surface area contributed by atoms with Crippen LogP contribution in [0.5, 0.6) is 5.88 Å². The molecule has 5 heteroatoms. The number of anilines is 1. The highest BCUT2D eigenvalue weighted by Gasteiger charge is 2.07. The van der Waals surface area contributed by atoms with E-state index in [2.05, 4.69) is 29.1 Å². The zero-order valence-electron chi connectivity index (χ0n) is 12.2. The summed E-state index contributed by atoms with van der Waals surface area (Å²) in [7, 11) is 0. The van der Waals surface area contributed by atoms with Crippen LogP contribution in [-0.2, 0) is 4.74 Å². The van der Waals surface area contributed by atoms with Gasteiger partial charge in [-0.1, -0.05) is 20.3 Å². The molecular weight excluding hydrogens is 242 g/mol. The van der Waals surface area contributed by atoms with E-state index in [4.69, 9.17) is 9.47 Å². The molecule has 0 saturated carbocycles. The smallest absolute Gasteiger partial charge is 0.221 e. The van der Waals surface area contributed by atoms with Crippen molar-refractivity contribution in [1.29, 1.82) is 0 Å². The van der Waals surface area contributed by atoms with E-state index in [0.717, 1.165) is 43.8 Å². The van der Waals surface area contributed by atoms with Crippen LogP contribution in [0.3, 0.4) is 0 Å². The second-order valence-electron chi connectivity index (χ2n) is 4.39. The molecule has 1 N–H and O–H groups in total. The molecule has 1 rings (SSSR count). The summed E-state index contributed by atoms with van der Waals surface area (Å²) in [6.07, 6.45) is 4.83. The minimum absolute atomic E-state index is 0.523. The van der Waals surface area contributed by atoms with Gasteiger partial charge in [-0.2, -0.15) is 0 Å². The molecule has 0 aromatic carbocycles. The Balaban J connectivity index is 2.36. The first-order valence-corrected chi connectivity index (χ1v) is 7.05. The molecule has 0 aliphatic rings. The average Bonchev–Trinajstić information content (AvgIpc) is 2.43. The van der Waals surface area contributed by atoms with E-state index in [-0.39, 0.29) is 0 Å². The summed E-state index contributed by atoms with van der Waals surface area (Å²) in [5.41, 5.74) is 0.949. The second-order valence-corrected chi connectivity index (χ2v) is 4.39. The van der Waals surface area contributed by atoms with Crippen LogP contribution in [0.2, 0.25) is 0 Å². The highest BCUT2D eigenvalue weighted by molar-refractivity contribution is 5.47. The Labute approximate surface area is 115 Å². The van der Waals surface area contributed by atoms with Crippen LogP contribution in [-0.4, -0.2) is 36.3 Å². The number of hydrogen-bond donors (Lipinski definition) is 1. The van der Waals surface area contributed by atoms with Crippen LogP contribution in [0.1, 0.15) is 38.7 Å². The van der Waals surface area contributed by atoms with E-state index >= 15 is 0 Å². The molecule has 19 heavy (non-hydrogen) atoms. The fourth-order valence-corrected chi connectivity index (χ4v) is 1.55. The van der Waals surface area contributed by atoms with Crippen LogP contribution < -0.4 is 10.1 Å². The molecule has 0 fully saturated rings. The molecular formula is C14H25N3O2. The van der Waals surface area contributed by atoms with Crippen molar-refractivity contribution < 1.29 is 9.47 Å². The molecule has 108 valence electrons. The molecule has 0 aliphatic carbocycles. The van der Waals surface area contributed by atoms with Crippen LogP contribution in [0.4, 0.5) is 5.82 Å². The number of nitrogens with one attached hydrogen (secondary N) is 1. The first-order valence-electron chi connectivity index (χ1n) is 7.05. The summed E-state index contributed by atoms with van der Waals surface area (Å²) in [6, 6.07) is 0. The van der Waals surface area contributed by atoms with E-state index in [0.29, 0.717) is 19.1 Å². The summed E-state index contributed by atoms with van der Waals surface area (Å²) in [6.45, 7) is 9.05. The fraction of sp³-hybridized carbons (Fsp3) is 0.714. The lowest BCUT2D eigenvalue weighted by Gasteiger charge is -2.11. The third kappa shape index (κ3) is 5.87. The molecule has 0 radical (unpaired) electrons. The van der Waals surface area contributed by atoms with Crippen molar-refractivity contribution in [3.63, 3.8) is 0 Å². The zero-order chi connectivity index (χ0) is 13.9. The SMILES string of the molecule is CCCCOCCOc1ncnc(NCCC)c1C. The van der Waals surface area contributed by atoms with Gasteiger partial charge in [-0.05, 0) is 19.8 Å². The Kier molecular flexibility index (Phi) is 7.89. The van der Waals surface area contributed by atoms with E-state index in [1.807, 2.05) is 6.92 Å². The molecule has 1 heterocycles. The maximum absolute atomic E-state index is 5.62. The van der Waals surface area contributed by atoms with Gasteiger partial charge in [0.1, 0.15) is 18.8 Å². The third-order valence-electron chi connectivity index (χ3n) is 2.69. The average molecular weight is 267 g/mol. The van der Waals surface area contributed by atoms with Crippen molar-refractivity contribution in [2.75, 3.05) is 31.7 Å². The van der Waals surface area contributed by atoms with Crippen LogP contribution in [0.15, 0.2) is 6.33 Å². The van der Waals surface area contributed by atoms with Gasteiger partial charge in [-0.3, -0.25) is 0 Å². The molecule has 0 atom stereocenters. The molecule has 5 nitrogen and oxygen atoms in total. The first-order chi connectivity index (χ1) is 9.29. The number of nitrogens with zero attached hydrogens (tertiary/aromatic N) is 2. The quantitative estimate of drug-likeness (QED) is 0.661. The molecule has 0 aliphatic heterocycles. The van der Waals surface area contributed by atoms with Crippen molar-refractivity contribution in [2.45, 2.75) is 40.0 Å². The lowest BCUT2D eigenvalue weighted by molar-refractivity contribution is 0.0962. The Hall–Kier alpha value is -1.36. The highest BCUT2D eigenvalue weighted by Crippen LogP contribution is 2.20. The van der Waals surface area contributed by atoms with Crippen molar-refractivity contribution in [3.05, 3.63) is 11.9 Å². The normalized spacial score (nSPS) is 10.5. The van der Waals surface area contributed by atoms with Crippen LogP contribution in [0, 0.1) is 6.92 Å². The fourth-order valence-electron chi connectivity index (χ4n) is 1.55. The van der Waals surface area contributed by atoms with E-state index < -0.39 is 0 Å². The number of hydrogen-bond acceptors (Lipinski definition) is 5. The summed E-state index contributed by atoms with van der Waals surface area (Å²) in [5.74, 6) is 1.48. The number of unbranched alkanes of at least 4 members (excludes halogenated alkanes) is 1. The number of rotatable bonds is 10. The molecule has 0 saturated heterocycles. The Morgan fingerprint density at radius 3 is 2.68 bits per heavy atom. The third-order valence-corrected chi connectivity index (χ3v) is 2.69. The standard InChI is InChI=1S/C14H25N3O2/c1-4-6-8-18-9-10-19-14-12(3)13(15-7-5-2)16-11-17-14/h11H,4-10H2,1-3H3,(H,15,16,17). The van der Waals surface area contributed by atoms with Crippen molar-refractivity contribution in [3.8, 4) is 5.88 Å². The van der Waals surface area contributed by atoms with Gasteiger partial charge in [0.05, 0.1) is 12.2 Å². The van der Waals surface area contributed by atoms with Crippen LogP contribution in [0.25, 0.3) is 0 Å². The molecule has 1 aromatic rings. The van der Waals surface area contributed by atoms with Gasteiger partial charge in [0.25, 0.3) is 0 Å². The Morgan fingerprint density at radius 1 is 1.11 bits per heavy atom. The van der Waals surface area contributed by atoms with Gasteiger partial charge in [0, 0.05) is 13.2 Å². The molecule has 0 amide bonds. The molecule has 0 spiro atoms. The van der Waals surface area contributed by atoms with Gasteiger partial charge in [-0.25, -0.2) is 9.97 Å². The minimum Gasteiger partial charge on any atom is -0.475 e. The lowest BCUT2D eigenvalue weighted by atomic mass is 10.3. The van der Waals surface area contributed by atoms with E-state index in [1.165, 1.54) is 6.33 Å². The number of ether oxygens (including phenoxy) is 2. The first kappa shape index (κ1) is 15.7. The number of aromatic nitrogens is 2. The van der Waals surface area contributed by atoms with E-state index in [1.54, 1.807) is 0 Å². The maximum Gasteiger partial charge on any atom is 0.221 e. The predicted molar refractivity (Wildman–Crippen MR) is 76.8 cm³/mol. The van der Waals surface area contributed by atoms with Crippen molar-refractivity contribution in [2.24, 2.45) is 0 Å². The van der Waals surface area contributed by atoms with Crippen molar-refractivity contribution in [1.82, 2.24) is 9.97 Å². The monoisotopic (exact) mass is 267 g/mol. The summed E-state index contributed by atoms with van der Waals surface area (Å²) in [4.78, 5) is 8.36. The molecule has 1 aromatic heterocycles.